The largest absolute Gasteiger partial charge is 0.490 e. The number of carbonyl (C=O) groups is 3. The maximum Gasteiger partial charge on any atom is 0.490 e. The van der Waals surface area contributed by atoms with Crippen LogP contribution < -0.4 is 0 Å². The van der Waals surface area contributed by atoms with Crippen LogP contribution in [-0.2, 0) is 14.3 Å². The van der Waals surface area contributed by atoms with Crippen LogP contribution in [0.15, 0.2) is 22.8 Å². The van der Waals surface area contributed by atoms with E-state index in [1.165, 1.54) is 25.9 Å². The summed E-state index contributed by atoms with van der Waals surface area (Å²) in [6, 6.07) is 3.82. The highest BCUT2D eigenvalue weighted by molar-refractivity contribution is 5.91. The lowest BCUT2D eigenvalue weighted by Crippen LogP contribution is -2.52. The Morgan fingerprint density at radius 1 is 0.919 bits per heavy atom. The van der Waals surface area contributed by atoms with Gasteiger partial charge in [0.05, 0.1) is 25.0 Å². The van der Waals surface area contributed by atoms with E-state index in [1.807, 2.05) is 4.90 Å². The molecule has 0 aliphatic carbocycles. The van der Waals surface area contributed by atoms with Gasteiger partial charge in [-0.05, 0) is 38.1 Å². The first kappa shape index (κ1) is 30.4. The summed E-state index contributed by atoms with van der Waals surface area (Å²) in [5.74, 6) is -5.11. The lowest BCUT2D eigenvalue weighted by molar-refractivity contribution is -0.193. The average Bonchev–Trinajstić information content (AvgIpc) is 3.58. The van der Waals surface area contributed by atoms with E-state index >= 15 is 0 Å². The van der Waals surface area contributed by atoms with Gasteiger partial charge in [0, 0.05) is 32.7 Å². The number of likely N-dealkylation sites (tertiary alicyclic amines) is 2. The van der Waals surface area contributed by atoms with Crippen molar-refractivity contribution < 1.29 is 60.1 Å². The van der Waals surface area contributed by atoms with Crippen molar-refractivity contribution in [2.45, 2.75) is 37.3 Å². The topological polar surface area (TPSA) is 124 Å². The van der Waals surface area contributed by atoms with E-state index in [0.717, 1.165) is 32.8 Å². The number of furan rings is 1. The first-order chi connectivity index (χ1) is 17.2. The van der Waals surface area contributed by atoms with E-state index in [4.69, 9.17) is 29.0 Å². The number of amides is 1. The summed E-state index contributed by atoms with van der Waals surface area (Å²) in [6.07, 6.45) is -5.81. The summed E-state index contributed by atoms with van der Waals surface area (Å²) in [5.41, 5.74) is 0. The fourth-order valence-electron chi connectivity index (χ4n) is 4.03. The smallest absolute Gasteiger partial charge is 0.475 e. The van der Waals surface area contributed by atoms with Crippen molar-refractivity contribution in [2.75, 3.05) is 52.4 Å². The fourth-order valence-corrected chi connectivity index (χ4v) is 4.03. The average molecular weight is 547 g/mol. The minimum absolute atomic E-state index is 0.0208. The van der Waals surface area contributed by atoms with E-state index < -0.39 is 24.3 Å². The number of carboxylic acid groups (broad SMARTS) is 2. The van der Waals surface area contributed by atoms with Crippen molar-refractivity contribution in [2.24, 2.45) is 0 Å². The SMILES string of the molecule is O=C(O)C(F)(F)F.O=C(O)C(F)(F)F.O=C(c1ccco1)N1C[C@@H]2OCCN(CCN3CCCC3)[C@@H]2C1. The Morgan fingerprint density at radius 2 is 1.49 bits per heavy atom. The van der Waals surface area contributed by atoms with Gasteiger partial charge >= 0.3 is 24.3 Å². The summed E-state index contributed by atoms with van der Waals surface area (Å²) in [7, 11) is 0. The van der Waals surface area contributed by atoms with Crippen LogP contribution >= 0.6 is 0 Å². The molecule has 0 saturated carbocycles. The first-order valence-corrected chi connectivity index (χ1v) is 11.2. The zero-order valence-electron chi connectivity index (χ0n) is 19.5. The Labute approximate surface area is 207 Å². The molecule has 3 fully saturated rings. The molecule has 3 aliphatic rings. The number of hydrogen-bond donors (Lipinski definition) is 2. The van der Waals surface area contributed by atoms with Gasteiger partial charge in [-0.2, -0.15) is 26.3 Å². The minimum Gasteiger partial charge on any atom is -0.475 e. The molecule has 4 heterocycles. The molecule has 0 bridgehead atoms. The van der Waals surface area contributed by atoms with Gasteiger partial charge in [-0.25, -0.2) is 9.59 Å². The van der Waals surface area contributed by atoms with Crippen LogP contribution in [0.3, 0.4) is 0 Å². The molecule has 4 rings (SSSR count). The van der Waals surface area contributed by atoms with E-state index in [2.05, 4.69) is 9.80 Å². The quantitative estimate of drug-likeness (QED) is 0.546. The van der Waals surface area contributed by atoms with Gasteiger partial charge in [-0.3, -0.25) is 9.69 Å². The van der Waals surface area contributed by atoms with Crippen LogP contribution in [0.4, 0.5) is 26.3 Å². The molecule has 2 atom stereocenters. The summed E-state index contributed by atoms with van der Waals surface area (Å²) in [5, 5.41) is 14.2. The van der Waals surface area contributed by atoms with Gasteiger partial charge in [0.15, 0.2) is 5.76 Å². The highest BCUT2D eigenvalue weighted by Crippen LogP contribution is 2.24. The second-order valence-electron chi connectivity index (χ2n) is 8.35. The number of morpholine rings is 1. The van der Waals surface area contributed by atoms with E-state index in [-0.39, 0.29) is 12.0 Å². The molecule has 1 aromatic rings. The molecule has 10 nitrogen and oxygen atoms in total. The zero-order valence-corrected chi connectivity index (χ0v) is 19.5. The summed E-state index contributed by atoms with van der Waals surface area (Å²) in [4.78, 5) is 37.2. The number of hydrogen-bond acceptors (Lipinski definition) is 7. The summed E-state index contributed by atoms with van der Waals surface area (Å²) in [6.45, 7) is 7.84. The molecule has 0 radical (unpaired) electrons. The molecule has 16 heteroatoms. The van der Waals surface area contributed by atoms with Crippen LogP contribution in [0.1, 0.15) is 23.4 Å². The lowest BCUT2D eigenvalue weighted by atomic mass is 10.1. The third-order valence-electron chi connectivity index (χ3n) is 5.82. The first-order valence-electron chi connectivity index (χ1n) is 11.2. The zero-order chi connectivity index (χ0) is 27.8. The van der Waals surface area contributed by atoms with Crippen LogP contribution in [0.25, 0.3) is 0 Å². The van der Waals surface area contributed by atoms with Gasteiger partial charge in [0.1, 0.15) is 0 Å². The Bertz CT molecular complexity index is 864. The number of carbonyl (C=O) groups excluding carboxylic acids is 1. The maximum atomic E-state index is 12.5. The summed E-state index contributed by atoms with van der Waals surface area (Å²) >= 11 is 0. The molecule has 0 spiro atoms. The predicted octanol–water partition coefficient (Wildman–Crippen LogP) is 2.17. The number of alkyl halides is 6. The molecular weight excluding hydrogens is 520 g/mol. The Morgan fingerprint density at radius 3 is 1.97 bits per heavy atom. The minimum atomic E-state index is -5.08. The molecule has 1 aromatic heterocycles. The third kappa shape index (κ3) is 9.51. The van der Waals surface area contributed by atoms with Gasteiger partial charge in [-0.15, -0.1) is 0 Å². The van der Waals surface area contributed by atoms with Crippen molar-refractivity contribution in [1.29, 1.82) is 0 Å². The second-order valence-corrected chi connectivity index (χ2v) is 8.35. The highest BCUT2D eigenvalue weighted by atomic mass is 19.4. The highest BCUT2D eigenvalue weighted by Gasteiger charge is 2.42. The number of fused-ring (bicyclic) bond motifs is 1. The maximum absolute atomic E-state index is 12.5. The monoisotopic (exact) mass is 547 g/mol. The molecule has 0 aromatic carbocycles. The third-order valence-corrected chi connectivity index (χ3v) is 5.82. The molecule has 210 valence electrons. The Kier molecular flexibility index (Phi) is 10.8. The normalized spacial score (nSPS) is 22.4. The lowest BCUT2D eigenvalue weighted by Gasteiger charge is -2.37. The van der Waals surface area contributed by atoms with E-state index in [9.17, 15) is 31.1 Å². The van der Waals surface area contributed by atoms with Crippen molar-refractivity contribution in [3.05, 3.63) is 24.2 Å². The van der Waals surface area contributed by atoms with Crippen molar-refractivity contribution >= 4 is 17.8 Å². The standard InChI is InChI=1S/C17H25N3O3.2C2HF3O2/c21-17(15-4-3-10-22-15)20-12-14-16(13-20)23-11-9-19(14)8-7-18-5-1-2-6-18;2*3-2(4,5)1(6)7/h3-4,10,14,16H,1-2,5-9,11-13H2;2*(H,6,7)/t14-,16+;;/m1../s1. The van der Waals surface area contributed by atoms with Crippen LogP contribution in [0.2, 0.25) is 0 Å². The molecule has 0 unspecified atom stereocenters. The molecule has 37 heavy (non-hydrogen) atoms. The number of rotatable bonds is 4. The van der Waals surface area contributed by atoms with Crippen molar-refractivity contribution in [1.82, 2.24) is 14.7 Å². The number of carboxylic acids is 2. The van der Waals surface area contributed by atoms with Crippen LogP contribution in [-0.4, -0.2) is 120 Å². The predicted molar refractivity (Wildman–Crippen MR) is 113 cm³/mol. The van der Waals surface area contributed by atoms with Gasteiger partial charge in [-0.1, -0.05) is 0 Å². The molecule has 3 saturated heterocycles. The number of aliphatic carboxylic acids is 2. The van der Waals surface area contributed by atoms with E-state index in [1.54, 1.807) is 18.4 Å². The second kappa shape index (κ2) is 13.1. The van der Waals surface area contributed by atoms with Crippen LogP contribution in [0, 0.1) is 0 Å². The number of nitrogens with zero attached hydrogens (tertiary/aromatic N) is 3. The fraction of sp³-hybridized carbons (Fsp3) is 0.667. The molecule has 2 N–H and O–H groups in total. The summed E-state index contributed by atoms with van der Waals surface area (Å²) < 4.78 is 74.6. The van der Waals surface area contributed by atoms with Gasteiger partial charge in [0.2, 0.25) is 0 Å². The number of ether oxygens (including phenoxy) is 1. The van der Waals surface area contributed by atoms with Crippen molar-refractivity contribution in [3.8, 4) is 0 Å². The molecule has 3 aliphatic heterocycles. The number of halogens is 6. The van der Waals surface area contributed by atoms with Crippen molar-refractivity contribution in [3.63, 3.8) is 0 Å². The van der Waals surface area contributed by atoms with Gasteiger partial charge < -0.3 is 29.2 Å². The van der Waals surface area contributed by atoms with Gasteiger partial charge in [0.25, 0.3) is 5.91 Å². The van der Waals surface area contributed by atoms with E-state index in [0.29, 0.717) is 18.3 Å². The Hall–Kier alpha value is -2.85. The van der Waals surface area contributed by atoms with Crippen LogP contribution in [0.5, 0.6) is 0 Å². The molecular formula is C21H27F6N3O7. The molecule has 1 amide bonds. The Balaban J connectivity index is 0.000000286.